The first-order valence-corrected chi connectivity index (χ1v) is 5.46. The van der Waals surface area contributed by atoms with Crippen LogP contribution >= 0.6 is 11.6 Å². The molecule has 4 nitrogen and oxygen atoms in total. The van der Waals surface area contributed by atoms with Gasteiger partial charge in [-0.15, -0.1) is 0 Å². The van der Waals surface area contributed by atoms with Crippen molar-refractivity contribution in [2.75, 3.05) is 7.11 Å². The fourth-order valence-electron chi connectivity index (χ4n) is 1.48. The summed E-state index contributed by atoms with van der Waals surface area (Å²) in [4.78, 5) is 18.5. The molecule has 0 aliphatic rings. The van der Waals surface area contributed by atoms with E-state index in [-0.39, 0.29) is 16.3 Å². The molecule has 0 unspecified atom stereocenters. The van der Waals surface area contributed by atoms with Gasteiger partial charge in [-0.05, 0) is 18.2 Å². The average Bonchev–Trinajstić information content (AvgIpc) is 2.39. The highest BCUT2D eigenvalue weighted by molar-refractivity contribution is 6.33. The lowest BCUT2D eigenvalue weighted by Gasteiger charge is -2.07. The predicted octanol–water partition coefficient (Wildman–Crippen LogP) is 2.86. The van der Waals surface area contributed by atoms with Crippen molar-refractivity contribution in [1.29, 1.82) is 0 Å². The molecule has 0 atom stereocenters. The average molecular weight is 285 g/mol. The summed E-state index contributed by atoms with van der Waals surface area (Å²) in [6.45, 7) is 0. The molecule has 2 rings (SSSR count). The number of hydrogen-bond acceptors (Lipinski definition) is 4. The van der Waals surface area contributed by atoms with Gasteiger partial charge in [0.2, 0.25) is 0 Å². The number of carbonyl (C=O) groups is 1. The standard InChI is InChI=1S/C12H7ClF2N2O2/c1-19-12(18)11-9(15)10(16-5-17-11)7-3-2-6(14)4-8(7)13/h2-5H,1H3. The molecule has 2 aromatic rings. The molecule has 0 fully saturated rings. The number of rotatable bonds is 2. The molecular weight excluding hydrogens is 278 g/mol. The third-order valence-electron chi connectivity index (χ3n) is 2.35. The Bertz CT molecular complexity index is 650. The third kappa shape index (κ3) is 2.53. The highest BCUT2D eigenvalue weighted by Crippen LogP contribution is 2.29. The lowest BCUT2D eigenvalue weighted by atomic mass is 10.1. The van der Waals surface area contributed by atoms with Crippen LogP contribution in [0.25, 0.3) is 11.3 Å². The fraction of sp³-hybridized carbons (Fsp3) is 0.0833. The SMILES string of the molecule is COC(=O)c1ncnc(-c2ccc(F)cc2Cl)c1F. The molecule has 98 valence electrons. The molecule has 1 heterocycles. The summed E-state index contributed by atoms with van der Waals surface area (Å²) >= 11 is 5.82. The molecule has 0 saturated carbocycles. The first-order valence-electron chi connectivity index (χ1n) is 5.09. The minimum absolute atomic E-state index is 0.0200. The number of nitrogens with zero attached hydrogens (tertiary/aromatic N) is 2. The van der Waals surface area contributed by atoms with Crippen LogP contribution in [0.15, 0.2) is 24.5 Å². The maximum Gasteiger partial charge on any atom is 0.359 e. The molecule has 0 aliphatic carbocycles. The first-order chi connectivity index (χ1) is 9.04. The largest absolute Gasteiger partial charge is 0.464 e. The monoisotopic (exact) mass is 284 g/mol. The molecule has 0 aliphatic heterocycles. The van der Waals surface area contributed by atoms with Crippen molar-refractivity contribution < 1.29 is 18.3 Å². The summed E-state index contributed by atoms with van der Waals surface area (Å²) in [5, 5.41) is -0.0200. The van der Waals surface area contributed by atoms with Crippen LogP contribution in [-0.4, -0.2) is 23.0 Å². The molecule has 0 N–H and O–H groups in total. The van der Waals surface area contributed by atoms with Crippen LogP contribution in [-0.2, 0) is 4.74 Å². The number of ether oxygens (including phenoxy) is 1. The Labute approximate surface area is 112 Å². The zero-order valence-electron chi connectivity index (χ0n) is 9.65. The van der Waals surface area contributed by atoms with Crippen molar-refractivity contribution >= 4 is 17.6 Å². The lowest BCUT2D eigenvalue weighted by molar-refractivity contribution is 0.0588. The van der Waals surface area contributed by atoms with Crippen molar-refractivity contribution in [3.05, 3.63) is 46.9 Å². The number of aromatic nitrogens is 2. The molecule has 0 spiro atoms. The van der Waals surface area contributed by atoms with Crippen LogP contribution in [0.5, 0.6) is 0 Å². The van der Waals surface area contributed by atoms with Crippen LogP contribution in [0.1, 0.15) is 10.5 Å². The minimum Gasteiger partial charge on any atom is -0.464 e. The number of halogens is 3. The van der Waals surface area contributed by atoms with Gasteiger partial charge in [0.05, 0.1) is 12.1 Å². The Kier molecular flexibility index (Phi) is 3.71. The molecule has 0 radical (unpaired) electrons. The van der Waals surface area contributed by atoms with E-state index in [1.54, 1.807) is 0 Å². The molecule has 0 saturated heterocycles. The van der Waals surface area contributed by atoms with Gasteiger partial charge in [0, 0.05) is 5.56 Å². The van der Waals surface area contributed by atoms with E-state index in [1.807, 2.05) is 0 Å². The van der Waals surface area contributed by atoms with E-state index in [9.17, 15) is 13.6 Å². The molecule has 7 heteroatoms. The summed E-state index contributed by atoms with van der Waals surface area (Å²) in [6.07, 6.45) is 1.00. The predicted molar refractivity (Wildman–Crippen MR) is 63.7 cm³/mol. The second kappa shape index (κ2) is 5.27. The van der Waals surface area contributed by atoms with Crippen LogP contribution in [0.3, 0.4) is 0 Å². The molecule has 0 amide bonds. The molecule has 0 bridgehead atoms. The van der Waals surface area contributed by atoms with Crippen molar-refractivity contribution in [2.24, 2.45) is 0 Å². The normalized spacial score (nSPS) is 10.3. The summed E-state index contributed by atoms with van der Waals surface area (Å²) in [5.41, 5.74) is -0.540. The van der Waals surface area contributed by atoms with Crippen LogP contribution in [0.2, 0.25) is 5.02 Å². The summed E-state index contributed by atoms with van der Waals surface area (Å²) in [6, 6.07) is 3.40. The van der Waals surface area contributed by atoms with Gasteiger partial charge in [-0.25, -0.2) is 23.5 Å². The third-order valence-corrected chi connectivity index (χ3v) is 2.67. The Morgan fingerprint density at radius 2 is 2.05 bits per heavy atom. The van der Waals surface area contributed by atoms with Crippen LogP contribution in [0, 0.1) is 11.6 Å². The second-order valence-electron chi connectivity index (χ2n) is 3.50. The van der Waals surface area contributed by atoms with E-state index < -0.39 is 23.3 Å². The highest BCUT2D eigenvalue weighted by atomic mass is 35.5. The zero-order chi connectivity index (χ0) is 14.0. The fourth-order valence-corrected chi connectivity index (χ4v) is 1.73. The minimum atomic E-state index is -0.970. The van der Waals surface area contributed by atoms with E-state index in [0.717, 1.165) is 25.6 Å². The lowest BCUT2D eigenvalue weighted by Crippen LogP contribution is -2.09. The quantitative estimate of drug-likeness (QED) is 0.796. The zero-order valence-corrected chi connectivity index (χ0v) is 10.4. The molecule has 1 aromatic heterocycles. The Balaban J connectivity index is 2.60. The number of esters is 1. The number of methoxy groups -OCH3 is 1. The van der Waals surface area contributed by atoms with Gasteiger partial charge >= 0.3 is 5.97 Å². The number of hydrogen-bond donors (Lipinski definition) is 0. The van der Waals surface area contributed by atoms with Gasteiger partial charge < -0.3 is 4.74 Å². The summed E-state index contributed by atoms with van der Waals surface area (Å²) < 4.78 is 31.4. The van der Waals surface area contributed by atoms with E-state index >= 15 is 0 Å². The van der Waals surface area contributed by atoms with Crippen molar-refractivity contribution in [2.45, 2.75) is 0 Å². The molecule has 19 heavy (non-hydrogen) atoms. The van der Waals surface area contributed by atoms with E-state index in [4.69, 9.17) is 11.6 Å². The van der Waals surface area contributed by atoms with Gasteiger partial charge in [0.25, 0.3) is 0 Å². The van der Waals surface area contributed by atoms with Crippen LogP contribution < -0.4 is 0 Å². The van der Waals surface area contributed by atoms with Crippen LogP contribution in [0.4, 0.5) is 8.78 Å². The second-order valence-corrected chi connectivity index (χ2v) is 3.91. The maximum absolute atomic E-state index is 14.1. The van der Waals surface area contributed by atoms with Gasteiger partial charge in [-0.2, -0.15) is 0 Å². The van der Waals surface area contributed by atoms with Crippen molar-refractivity contribution in [1.82, 2.24) is 9.97 Å². The highest BCUT2D eigenvalue weighted by Gasteiger charge is 2.20. The maximum atomic E-state index is 14.1. The van der Waals surface area contributed by atoms with Crippen molar-refractivity contribution in [3.8, 4) is 11.3 Å². The van der Waals surface area contributed by atoms with E-state index in [1.165, 1.54) is 6.07 Å². The molecular formula is C12H7ClF2N2O2. The summed E-state index contributed by atoms with van der Waals surface area (Å²) in [5.74, 6) is -2.46. The smallest absolute Gasteiger partial charge is 0.359 e. The summed E-state index contributed by atoms with van der Waals surface area (Å²) in [7, 11) is 1.11. The van der Waals surface area contributed by atoms with Gasteiger partial charge in [-0.1, -0.05) is 11.6 Å². The Hall–Kier alpha value is -2.08. The Morgan fingerprint density at radius 1 is 1.32 bits per heavy atom. The van der Waals surface area contributed by atoms with Gasteiger partial charge in [-0.3, -0.25) is 0 Å². The Morgan fingerprint density at radius 3 is 2.68 bits per heavy atom. The number of carbonyl (C=O) groups excluding carboxylic acids is 1. The number of benzene rings is 1. The van der Waals surface area contributed by atoms with E-state index in [0.29, 0.717) is 0 Å². The van der Waals surface area contributed by atoms with Gasteiger partial charge in [0.15, 0.2) is 11.5 Å². The van der Waals surface area contributed by atoms with E-state index in [2.05, 4.69) is 14.7 Å². The first kappa shape index (κ1) is 13.4. The topological polar surface area (TPSA) is 52.1 Å². The van der Waals surface area contributed by atoms with Crippen molar-refractivity contribution in [3.63, 3.8) is 0 Å². The molecule has 1 aromatic carbocycles. The van der Waals surface area contributed by atoms with Gasteiger partial charge in [0.1, 0.15) is 17.8 Å².